The minimum atomic E-state index is -0.0753. The number of hydrogen-bond acceptors (Lipinski definition) is 4. The van der Waals surface area contributed by atoms with Crippen LogP contribution >= 0.6 is 0 Å². The average molecular weight is 237 g/mol. The van der Waals surface area contributed by atoms with Crippen molar-refractivity contribution in [3.05, 3.63) is 24.2 Å². The van der Waals surface area contributed by atoms with Crippen molar-refractivity contribution in [2.24, 2.45) is 0 Å². The molecule has 0 radical (unpaired) electrons. The first-order valence-electron chi connectivity index (χ1n) is 5.85. The maximum atomic E-state index is 12.1. The second-order valence-corrected chi connectivity index (χ2v) is 4.55. The zero-order valence-electron chi connectivity index (χ0n) is 10.3. The Morgan fingerprint density at radius 1 is 1.65 bits per heavy atom. The zero-order valence-corrected chi connectivity index (χ0v) is 10.3. The number of rotatable bonds is 3. The molecular weight excluding hydrogens is 218 g/mol. The van der Waals surface area contributed by atoms with Gasteiger partial charge in [-0.3, -0.25) is 9.69 Å². The van der Waals surface area contributed by atoms with E-state index >= 15 is 0 Å². The minimum Gasteiger partial charge on any atom is -0.472 e. The number of furan rings is 1. The number of piperazine rings is 1. The Kier molecular flexibility index (Phi) is 3.81. The van der Waals surface area contributed by atoms with Crippen molar-refractivity contribution >= 4 is 5.91 Å². The van der Waals surface area contributed by atoms with Crippen molar-refractivity contribution in [1.82, 2.24) is 15.1 Å². The van der Waals surface area contributed by atoms with Crippen molar-refractivity contribution in [2.45, 2.75) is 12.6 Å². The molecule has 0 saturated carbocycles. The largest absolute Gasteiger partial charge is 0.472 e. The lowest BCUT2D eigenvalue weighted by Gasteiger charge is -2.36. The summed E-state index contributed by atoms with van der Waals surface area (Å²) < 4.78 is 5.06. The molecule has 0 aliphatic carbocycles. The molecule has 1 atom stereocenters. The summed E-state index contributed by atoms with van der Waals surface area (Å²) in [5, 5.41) is 3.27. The maximum absolute atomic E-state index is 12.1. The molecule has 2 rings (SSSR count). The third-order valence-electron chi connectivity index (χ3n) is 3.05. The summed E-state index contributed by atoms with van der Waals surface area (Å²) in [6, 6.07) is 1.87. The number of carbonyl (C=O) groups is 1. The molecule has 5 nitrogen and oxygen atoms in total. The molecule has 0 spiro atoms. The van der Waals surface area contributed by atoms with Crippen LogP contribution in [0.3, 0.4) is 0 Å². The van der Waals surface area contributed by atoms with Crippen molar-refractivity contribution in [1.29, 1.82) is 0 Å². The van der Waals surface area contributed by atoms with Gasteiger partial charge in [0.1, 0.15) is 6.04 Å². The van der Waals surface area contributed by atoms with Crippen molar-refractivity contribution < 1.29 is 9.21 Å². The molecule has 1 aliphatic heterocycles. The van der Waals surface area contributed by atoms with E-state index in [9.17, 15) is 4.79 Å². The van der Waals surface area contributed by atoms with Gasteiger partial charge in [-0.05, 0) is 6.07 Å². The molecule has 1 aromatic heterocycles. The standard InChI is InChI=1S/C12H19N3O2/c1-14(2)12(16)11-7-13-4-5-15(11)8-10-3-6-17-9-10/h3,6,9,11,13H,4-5,7-8H2,1-2H3. The molecule has 2 heterocycles. The van der Waals surface area contributed by atoms with Gasteiger partial charge >= 0.3 is 0 Å². The van der Waals surface area contributed by atoms with Crippen LogP contribution in [0.5, 0.6) is 0 Å². The van der Waals surface area contributed by atoms with Gasteiger partial charge in [0, 0.05) is 45.8 Å². The van der Waals surface area contributed by atoms with Crippen molar-refractivity contribution in [3.8, 4) is 0 Å². The first-order valence-corrected chi connectivity index (χ1v) is 5.85. The summed E-state index contributed by atoms with van der Waals surface area (Å²) in [7, 11) is 3.60. The van der Waals surface area contributed by atoms with E-state index < -0.39 is 0 Å². The highest BCUT2D eigenvalue weighted by molar-refractivity contribution is 5.81. The van der Waals surface area contributed by atoms with E-state index in [0.717, 1.165) is 31.7 Å². The van der Waals surface area contributed by atoms with E-state index in [1.807, 2.05) is 6.07 Å². The van der Waals surface area contributed by atoms with Crippen LogP contribution in [-0.4, -0.2) is 55.5 Å². The Morgan fingerprint density at radius 2 is 2.47 bits per heavy atom. The monoisotopic (exact) mass is 237 g/mol. The van der Waals surface area contributed by atoms with Crippen molar-refractivity contribution in [3.63, 3.8) is 0 Å². The van der Waals surface area contributed by atoms with Crippen LogP contribution in [-0.2, 0) is 11.3 Å². The topological polar surface area (TPSA) is 48.7 Å². The second kappa shape index (κ2) is 5.33. The van der Waals surface area contributed by atoms with Gasteiger partial charge in [0.25, 0.3) is 0 Å². The molecule has 1 N–H and O–H groups in total. The summed E-state index contributed by atoms with van der Waals surface area (Å²) in [6.45, 7) is 3.29. The van der Waals surface area contributed by atoms with E-state index in [4.69, 9.17) is 4.42 Å². The quantitative estimate of drug-likeness (QED) is 0.812. The van der Waals surface area contributed by atoms with Gasteiger partial charge in [0.15, 0.2) is 0 Å². The molecule has 1 aromatic rings. The van der Waals surface area contributed by atoms with Crippen LogP contribution in [0.1, 0.15) is 5.56 Å². The molecular formula is C12H19N3O2. The van der Waals surface area contributed by atoms with Crippen LogP contribution in [0.25, 0.3) is 0 Å². The van der Waals surface area contributed by atoms with Crippen LogP contribution in [0, 0.1) is 0 Å². The first kappa shape index (κ1) is 12.1. The van der Waals surface area contributed by atoms with Crippen molar-refractivity contribution in [2.75, 3.05) is 33.7 Å². The molecule has 17 heavy (non-hydrogen) atoms. The lowest BCUT2D eigenvalue weighted by molar-refractivity contribution is -0.135. The van der Waals surface area contributed by atoms with E-state index in [1.165, 1.54) is 0 Å². The van der Waals surface area contributed by atoms with E-state index in [2.05, 4.69) is 10.2 Å². The van der Waals surface area contributed by atoms with Gasteiger partial charge in [0.05, 0.1) is 12.5 Å². The smallest absolute Gasteiger partial charge is 0.240 e. The summed E-state index contributed by atoms with van der Waals surface area (Å²) in [5.41, 5.74) is 1.11. The Bertz CT molecular complexity index is 362. The third kappa shape index (κ3) is 2.87. The second-order valence-electron chi connectivity index (χ2n) is 4.55. The number of amides is 1. The molecule has 0 aromatic carbocycles. The highest BCUT2D eigenvalue weighted by atomic mass is 16.3. The summed E-state index contributed by atoms with van der Waals surface area (Å²) in [4.78, 5) is 15.9. The first-order chi connectivity index (χ1) is 8.18. The maximum Gasteiger partial charge on any atom is 0.240 e. The van der Waals surface area contributed by atoms with Gasteiger partial charge in [-0.15, -0.1) is 0 Å². The molecule has 1 amide bonds. The van der Waals surface area contributed by atoms with Crippen LogP contribution < -0.4 is 5.32 Å². The number of nitrogens with one attached hydrogen (secondary N) is 1. The summed E-state index contributed by atoms with van der Waals surface area (Å²) in [5.74, 6) is 0.153. The summed E-state index contributed by atoms with van der Waals surface area (Å²) >= 11 is 0. The Balaban J connectivity index is 2.04. The van der Waals surface area contributed by atoms with Gasteiger partial charge in [-0.1, -0.05) is 0 Å². The highest BCUT2D eigenvalue weighted by Crippen LogP contribution is 2.12. The summed E-state index contributed by atoms with van der Waals surface area (Å²) in [6.07, 6.45) is 3.40. The van der Waals surface area contributed by atoms with E-state index in [-0.39, 0.29) is 11.9 Å². The Hall–Kier alpha value is -1.33. The molecule has 5 heteroatoms. The van der Waals surface area contributed by atoms with Gasteiger partial charge < -0.3 is 14.6 Å². The molecule has 1 fully saturated rings. The average Bonchev–Trinajstić information content (AvgIpc) is 2.81. The zero-order chi connectivity index (χ0) is 12.3. The predicted molar refractivity (Wildman–Crippen MR) is 64.5 cm³/mol. The predicted octanol–water partition coefficient (Wildman–Crippen LogP) is 0.142. The van der Waals surface area contributed by atoms with Crippen LogP contribution in [0.15, 0.2) is 23.0 Å². The number of hydrogen-bond donors (Lipinski definition) is 1. The number of likely N-dealkylation sites (N-methyl/N-ethyl adjacent to an activating group) is 1. The van der Waals surface area contributed by atoms with Gasteiger partial charge in [0.2, 0.25) is 5.91 Å². The van der Waals surface area contributed by atoms with Crippen LogP contribution in [0.4, 0.5) is 0 Å². The fraction of sp³-hybridized carbons (Fsp3) is 0.583. The fourth-order valence-corrected chi connectivity index (χ4v) is 2.09. The Labute approximate surface area is 101 Å². The number of nitrogens with zero attached hydrogens (tertiary/aromatic N) is 2. The fourth-order valence-electron chi connectivity index (χ4n) is 2.09. The molecule has 1 unspecified atom stereocenters. The third-order valence-corrected chi connectivity index (χ3v) is 3.05. The number of carbonyl (C=O) groups excluding carboxylic acids is 1. The highest BCUT2D eigenvalue weighted by Gasteiger charge is 2.29. The normalized spacial score (nSPS) is 21.4. The molecule has 1 aliphatic rings. The van der Waals surface area contributed by atoms with Crippen LogP contribution in [0.2, 0.25) is 0 Å². The Morgan fingerprint density at radius 3 is 3.12 bits per heavy atom. The molecule has 1 saturated heterocycles. The van der Waals surface area contributed by atoms with Gasteiger partial charge in [-0.2, -0.15) is 0 Å². The minimum absolute atomic E-state index is 0.0753. The molecule has 0 bridgehead atoms. The van der Waals surface area contributed by atoms with E-state index in [0.29, 0.717) is 0 Å². The lowest BCUT2D eigenvalue weighted by Crippen LogP contribution is -2.57. The SMILES string of the molecule is CN(C)C(=O)C1CNCCN1Cc1ccoc1. The lowest BCUT2D eigenvalue weighted by atomic mass is 10.1. The van der Waals surface area contributed by atoms with Gasteiger partial charge in [-0.25, -0.2) is 0 Å². The van der Waals surface area contributed by atoms with E-state index in [1.54, 1.807) is 31.5 Å². The molecule has 94 valence electrons.